The molecule has 168 valence electrons. The number of rotatable bonds is 5. The van der Waals surface area contributed by atoms with Crippen LogP contribution in [-0.4, -0.2) is 26.2 Å². The molecule has 0 spiro atoms. The molecule has 5 aromatic rings. The highest BCUT2D eigenvalue weighted by Crippen LogP contribution is 2.30. The molecule has 0 saturated heterocycles. The standard InChI is InChI=1S/C27H23ClN6/c1-17-13-14-20(15-18(17)2)25-22-11-7-8-12-23(22)27(32-30-25)31-29-16-24-19(3)33-34(26(24)28)21-9-5-4-6-10-21/h4-16H,1-3H3,(H,31,32). The van der Waals surface area contributed by atoms with Gasteiger partial charge >= 0.3 is 0 Å². The van der Waals surface area contributed by atoms with Crippen LogP contribution in [0.5, 0.6) is 0 Å². The second-order valence-corrected chi connectivity index (χ2v) is 8.51. The van der Waals surface area contributed by atoms with E-state index in [0.29, 0.717) is 11.0 Å². The zero-order chi connectivity index (χ0) is 23.7. The van der Waals surface area contributed by atoms with Crippen molar-refractivity contribution < 1.29 is 0 Å². The van der Waals surface area contributed by atoms with E-state index >= 15 is 0 Å². The van der Waals surface area contributed by atoms with Crippen LogP contribution >= 0.6 is 11.6 Å². The molecule has 0 bridgehead atoms. The van der Waals surface area contributed by atoms with Gasteiger partial charge in [-0.05, 0) is 50.1 Å². The van der Waals surface area contributed by atoms with Crippen molar-refractivity contribution >= 4 is 34.4 Å². The van der Waals surface area contributed by atoms with Crippen LogP contribution in [0.2, 0.25) is 5.15 Å². The monoisotopic (exact) mass is 466 g/mol. The average Bonchev–Trinajstić information content (AvgIpc) is 3.15. The highest BCUT2D eigenvalue weighted by atomic mass is 35.5. The van der Waals surface area contributed by atoms with Crippen LogP contribution < -0.4 is 5.43 Å². The number of aromatic nitrogens is 4. The summed E-state index contributed by atoms with van der Waals surface area (Å²) in [4.78, 5) is 0. The van der Waals surface area contributed by atoms with Crippen LogP contribution in [0.1, 0.15) is 22.4 Å². The highest BCUT2D eigenvalue weighted by Gasteiger charge is 2.14. The van der Waals surface area contributed by atoms with E-state index in [0.717, 1.165) is 39.0 Å². The van der Waals surface area contributed by atoms with Crippen molar-refractivity contribution in [2.75, 3.05) is 5.43 Å². The summed E-state index contributed by atoms with van der Waals surface area (Å²) in [6.07, 6.45) is 1.66. The predicted molar refractivity (Wildman–Crippen MR) is 139 cm³/mol. The quantitative estimate of drug-likeness (QED) is 0.237. The normalized spacial score (nSPS) is 11.4. The Balaban J connectivity index is 1.47. The van der Waals surface area contributed by atoms with Gasteiger partial charge in [-0.3, -0.25) is 5.43 Å². The zero-order valence-corrected chi connectivity index (χ0v) is 19.9. The van der Waals surface area contributed by atoms with Crippen molar-refractivity contribution in [1.29, 1.82) is 0 Å². The Kier molecular flexibility index (Phi) is 5.82. The maximum Gasteiger partial charge on any atom is 0.176 e. The van der Waals surface area contributed by atoms with Crippen molar-refractivity contribution in [3.63, 3.8) is 0 Å². The van der Waals surface area contributed by atoms with Gasteiger partial charge in [0.1, 0.15) is 10.8 Å². The van der Waals surface area contributed by atoms with Crippen molar-refractivity contribution in [1.82, 2.24) is 20.0 Å². The minimum atomic E-state index is 0.496. The molecule has 0 unspecified atom stereocenters. The largest absolute Gasteiger partial charge is 0.259 e. The predicted octanol–water partition coefficient (Wildman–Crippen LogP) is 6.51. The van der Waals surface area contributed by atoms with Crippen LogP contribution in [-0.2, 0) is 0 Å². The van der Waals surface area contributed by atoms with Gasteiger partial charge in [0, 0.05) is 16.3 Å². The SMILES string of the molecule is Cc1ccc(-c2nnc(NN=Cc3c(C)nn(-c4ccccc4)c3Cl)c3ccccc23)cc1C. The summed E-state index contributed by atoms with van der Waals surface area (Å²) in [5.41, 5.74) is 9.80. The lowest BCUT2D eigenvalue weighted by molar-refractivity contribution is 0.863. The Morgan fingerprint density at radius 3 is 2.35 bits per heavy atom. The first kappa shape index (κ1) is 21.8. The summed E-state index contributed by atoms with van der Waals surface area (Å²) in [7, 11) is 0. The first-order valence-electron chi connectivity index (χ1n) is 11.0. The van der Waals surface area contributed by atoms with Gasteiger partial charge in [-0.2, -0.15) is 10.2 Å². The molecule has 0 aliphatic heterocycles. The summed E-state index contributed by atoms with van der Waals surface area (Å²) in [6, 6.07) is 24.1. The lowest BCUT2D eigenvalue weighted by Crippen LogP contribution is -2.00. The number of fused-ring (bicyclic) bond motifs is 1. The second-order valence-electron chi connectivity index (χ2n) is 8.15. The lowest BCUT2D eigenvalue weighted by Gasteiger charge is -2.10. The van der Waals surface area contributed by atoms with E-state index in [9.17, 15) is 0 Å². The molecule has 0 saturated carbocycles. The number of hydrogen-bond acceptors (Lipinski definition) is 5. The van der Waals surface area contributed by atoms with Gasteiger partial charge in [0.15, 0.2) is 5.82 Å². The van der Waals surface area contributed by atoms with Crippen LogP contribution in [0.15, 0.2) is 77.9 Å². The van der Waals surface area contributed by atoms with Gasteiger partial charge in [-0.1, -0.05) is 66.2 Å². The number of nitrogens with zero attached hydrogens (tertiary/aromatic N) is 5. The van der Waals surface area contributed by atoms with Crippen LogP contribution in [0.25, 0.3) is 27.7 Å². The van der Waals surface area contributed by atoms with E-state index in [-0.39, 0.29) is 0 Å². The first-order valence-corrected chi connectivity index (χ1v) is 11.3. The minimum Gasteiger partial charge on any atom is -0.259 e. The second kappa shape index (κ2) is 9.08. The molecule has 0 radical (unpaired) electrons. The molecule has 7 heteroatoms. The maximum absolute atomic E-state index is 6.61. The number of benzene rings is 3. The molecular weight excluding hydrogens is 444 g/mol. The summed E-state index contributed by atoms with van der Waals surface area (Å²) >= 11 is 6.61. The smallest absolute Gasteiger partial charge is 0.176 e. The molecule has 1 N–H and O–H groups in total. The molecule has 34 heavy (non-hydrogen) atoms. The van der Waals surface area contributed by atoms with Crippen LogP contribution in [0.4, 0.5) is 5.82 Å². The van der Waals surface area contributed by atoms with Crippen molar-refractivity contribution in [2.45, 2.75) is 20.8 Å². The number of hydrazone groups is 1. The Morgan fingerprint density at radius 1 is 0.853 bits per heavy atom. The van der Waals surface area contributed by atoms with E-state index in [1.807, 2.05) is 61.5 Å². The first-order chi connectivity index (χ1) is 16.5. The Morgan fingerprint density at radius 2 is 1.59 bits per heavy atom. The van der Waals surface area contributed by atoms with Gasteiger partial charge in [0.25, 0.3) is 0 Å². The van der Waals surface area contributed by atoms with E-state index in [1.54, 1.807) is 10.9 Å². The van der Waals surface area contributed by atoms with Crippen LogP contribution in [0.3, 0.4) is 0 Å². The molecule has 0 aliphatic carbocycles. The van der Waals surface area contributed by atoms with E-state index in [1.165, 1.54) is 11.1 Å². The fourth-order valence-corrected chi connectivity index (χ4v) is 4.17. The molecule has 6 nitrogen and oxygen atoms in total. The Labute approximate surface area is 202 Å². The number of para-hydroxylation sites is 1. The molecule has 0 aliphatic rings. The van der Waals surface area contributed by atoms with Gasteiger partial charge in [-0.25, -0.2) is 4.68 Å². The summed E-state index contributed by atoms with van der Waals surface area (Å²) in [5.74, 6) is 0.573. The molecule has 0 atom stereocenters. The maximum atomic E-state index is 6.61. The number of nitrogens with one attached hydrogen (secondary N) is 1. The molecule has 0 fully saturated rings. The Bertz CT molecular complexity index is 1520. The average molecular weight is 467 g/mol. The zero-order valence-electron chi connectivity index (χ0n) is 19.1. The van der Waals surface area contributed by atoms with Crippen molar-refractivity contribution in [3.05, 3.63) is 100 Å². The van der Waals surface area contributed by atoms with Gasteiger partial charge in [0.05, 0.1) is 23.2 Å². The third-order valence-corrected chi connectivity index (χ3v) is 6.24. The molecule has 5 rings (SSSR count). The van der Waals surface area contributed by atoms with Gasteiger partial charge in [-0.15, -0.1) is 10.2 Å². The van der Waals surface area contributed by atoms with E-state index in [4.69, 9.17) is 11.6 Å². The van der Waals surface area contributed by atoms with Gasteiger partial charge in [0.2, 0.25) is 0 Å². The van der Waals surface area contributed by atoms with Crippen molar-refractivity contribution in [2.24, 2.45) is 5.10 Å². The van der Waals surface area contributed by atoms with E-state index < -0.39 is 0 Å². The fraction of sp³-hybridized carbons (Fsp3) is 0.111. The molecule has 2 heterocycles. The van der Waals surface area contributed by atoms with Gasteiger partial charge < -0.3 is 0 Å². The molecule has 3 aromatic carbocycles. The van der Waals surface area contributed by atoms with Crippen LogP contribution in [0, 0.1) is 20.8 Å². The number of aryl methyl sites for hydroxylation is 3. The summed E-state index contributed by atoms with van der Waals surface area (Å²) in [6.45, 7) is 6.11. The summed E-state index contributed by atoms with van der Waals surface area (Å²) in [5, 5.41) is 20.4. The third kappa shape index (κ3) is 4.04. The lowest BCUT2D eigenvalue weighted by atomic mass is 10.0. The number of anilines is 1. The molecule has 0 amide bonds. The third-order valence-electron chi connectivity index (χ3n) is 5.88. The van der Waals surface area contributed by atoms with E-state index in [2.05, 4.69) is 57.9 Å². The summed E-state index contributed by atoms with van der Waals surface area (Å²) < 4.78 is 1.70. The number of halogens is 1. The molecule has 2 aromatic heterocycles. The Hall–Kier alpha value is -4.03. The van der Waals surface area contributed by atoms with Crippen molar-refractivity contribution in [3.8, 4) is 16.9 Å². The highest BCUT2D eigenvalue weighted by molar-refractivity contribution is 6.32. The molecular formula is C27H23ClN6. The minimum absolute atomic E-state index is 0.496. The number of hydrogen-bond donors (Lipinski definition) is 1. The topological polar surface area (TPSA) is 68.0 Å². The fourth-order valence-electron chi connectivity index (χ4n) is 3.84.